The van der Waals surface area contributed by atoms with E-state index in [0.29, 0.717) is 22.6 Å². The SMILES string of the molecule is Cc1[nH]nc(-c2ccc(C(F)(F)F)cc2)c1N. The summed E-state index contributed by atoms with van der Waals surface area (Å²) in [7, 11) is 0. The molecule has 1 heterocycles. The second-order valence-corrected chi connectivity index (χ2v) is 3.69. The van der Waals surface area contributed by atoms with E-state index in [1.165, 1.54) is 12.1 Å². The number of nitrogen functional groups attached to an aromatic ring is 1. The summed E-state index contributed by atoms with van der Waals surface area (Å²) in [4.78, 5) is 0. The van der Waals surface area contributed by atoms with Crippen LogP contribution in [0.2, 0.25) is 0 Å². The average Bonchev–Trinajstić information content (AvgIpc) is 2.59. The summed E-state index contributed by atoms with van der Waals surface area (Å²) in [6.07, 6.45) is -4.33. The quantitative estimate of drug-likeness (QED) is 0.806. The molecule has 17 heavy (non-hydrogen) atoms. The number of hydrogen-bond donors (Lipinski definition) is 2. The average molecular weight is 241 g/mol. The minimum absolute atomic E-state index is 0.449. The van der Waals surface area contributed by atoms with E-state index in [4.69, 9.17) is 5.73 Å². The number of H-pyrrole nitrogens is 1. The number of aromatic amines is 1. The summed E-state index contributed by atoms with van der Waals surface area (Å²) in [5.41, 5.74) is 7.22. The highest BCUT2D eigenvalue weighted by atomic mass is 19.4. The Hall–Kier alpha value is -1.98. The Kier molecular flexibility index (Phi) is 2.57. The Bertz CT molecular complexity index is 526. The summed E-state index contributed by atoms with van der Waals surface area (Å²) in [5, 5.41) is 6.63. The van der Waals surface area contributed by atoms with Gasteiger partial charge in [-0.1, -0.05) is 12.1 Å². The third kappa shape index (κ3) is 2.11. The zero-order chi connectivity index (χ0) is 12.6. The minimum Gasteiger partial charge on any atom is -0.395 e. The number of hydrogen-bond acceptors (Lipinski definition) is 2. The Morgan fingerprint density at radius 3 is 2.18 bits per heavy atom. The lowest BCUT2D eigenvalue weighted by Crippen LogP contribution is -2.04. The predicted octanol–water partition coefficient (Wildman–Crippen LogP) is 2.99. The fraction of sp³-hybridized carbons (Fsp3) is 0.182. The normalized spacial score (nSPS) is 11.8. The van der Waals surface area contributed by atoms with Crippen molar-refractivity contribution in [3.8, 4) is 11.3 Å². The van der Waals surface area contributed by atoms with E-state index in [9.17, 15) is 13.2 Å². The van der Waals surface area contributed by atoms with E-state index >= 15 is 0 Å². The molecule has 3 N–H and O–H groups in total. The molecule has 1 aromatic carbocycles. The third-order valence-electron chi connectivity index (χ3n) is 2.48. The Labute approximate surface area is 95.5 Å². The van der Waals surface area contributed by atoms with Gasteiger partial charge < -0.3 is 5.73 Å². The lowest BCUT2D eigenvalue weighted by atomic mass is 10.1. The second-order valence-electron chi connectivity index (χ2n) is 3.69. The minimum atomic E-state index is -4.33. The van der Waals surface area contributed by atoms with Crippen LogP contribution in [0.3, 0.4) is 0 Å². The maximum atomic E-state index is 12.4. The topological polar surface area (TPSA) is 54.7 Å². The van der Waals surface area contributed by atoms with E-state index in [-0.39, 0.29) is 0 Å². The third-order valence-corrected chi connectivity index (χ3v) is 2.48. The van der Waals surface area contributed by atoms with Gasteiger partial charge in [-0.25, -0.2) is 0 Å². The van der Waals surface area contributed by atoms with Crippen LogP contribution in [0.25, 0.3) is 11.3 Å². The molecular formula is C11H10F3N3. The van der Waals surface area contributed by atoms with Gasteiger partial charge in [0, 0.05) is 5.56 Å². The van der Waals surface area contributed by atoms with Crippen LogP contribution < -0.4 is 5.73 Å². The van der Waals surface area contributed by atoms with Crippen LogP contribution in [-0.2, 0) is 6.18 Å². The van der Waals surface area contributed by atoms with Gasteiger partial charge in [0.15, 0.2) is 0 Å². The number of anilines is 1. The van der Waals surface area contributed by atoms with Gasteiger partial charge in [0.1, 0.15) is 5.69 Å². The fourth-order valence-electron chi connectivity index (χ4n) is 1.47. The summed E-state index contributed by atoms with van der Waals surface area (Å²) in [5.74, 6) is 0. The highest BCUT2D eigenvalue weighted by Crippen LogP contribution is 2.32. The number of rotatable bonds is 1. The number of nitrogens with one attached hydrogen (secondary N) is 1. The fourth-order valence-corrected chi connectivity index (χ4v) is 1.47. The molecule has 0 unspecified atom stereocenters. The molecule has 0 spiro atoms. The molecule has 0 fully saturated rings. The van der Waals surface area contributed by atoms with E-state index in [2.05, 4.69) is 10.2 Å². The molecular weight excluding hydrogens is 231 g/mol. The number of nitrogens with zero attached hydrogens (tertiary/aromatic N) is 1. The van der Waals surface area contributed by atoms with Gasteiger partial charge in [-0.2, -0.15) is 18.3 Å². The smallest absolute Gasteiger partial charge is 0.395 e. The Morgan fingerprint density at radius 2 is 1.76 bits per heavy atom. The van der Waals surface area contributed by atoms with Crippen LogP contribution in [-0.4, -0.2) is 10.2 Å². The molecule has 0 radical (unpaired) electrons. The number of aryl methyl sites for hydroxylation is 1. The van der Waals surface area contributed by atoms with Crippen molar-refractivity contribution in [1.29, 1.82) is 0 Å². The summed E-state index contributed by atoms with van der Waals surface area (Å²) >= 11 is 0. The van der Waals surface area contributed by atoms with Crippen molar-refractivity contribution in [3.05, 3.63) is 35.5 Å². The van der Waals surface area contributed by atoms with Crippen molar-refractivity contribution >= 4 is 5.69 Å². The van der Waals surface area contributed by atoms with Gasteiger partial charge in [0.2, 0.25) is 0 Å². The van der Waals surface area contributed by atoms with Gasteiger partial charge >= 0.3 is 6.18 Å². The molecule has 0 amide bonds. The van der Waals surface area contributed by atoms with Gasteiger partial charge in [-0.05, 0) is 19.1 Å². The lowest BCUT2D eigenvalue weighted by Gasteiger charge is -2.06. The van der Waals surface area contributed by atoms with E-state index in [1.54, 1.807) is 6.92 Å². The van der Waals surface area contributed by atoms with Crippen molar-refractivity contribution in [3.63, 3.8) is 0 Å². The molecule has 1 aromatic heterocycles. The summed E-state index contributed by atoms with van der Waals surface area (Å²) in [6, 6.07) is 4.74. The zero-order valence-corrected chi connectivity index (χ0v) is 8.97. The largest absolute Gasteiger partial charge is 0.416 e. The summed E-state index contributed by atoms with van der Waals surface area (Å²) in [6.45, 7) is 1.75. The van der Waals surface area contributed by atoms with Gasteiger partial charge in [-0.3, -0.25) is 5.10 Å². The lowest BCUT2D eigenvalue weighted by molar-refractivity contribution is -0.137. The van der Waals surface area contributed by atoms with Crippen LogP contribution in [0.1, 0.15) is 11.3 Å². The maximum Gasteiger partial charge on any atom is 0.416 e. The standard InChI is InChI=1S/C11H10F3N3/c1-6-9(15)10(17-16-6)7-2-4-8(5-3-7)11(12,13)14/h2-5H,15H2,1H3,(H,16,17). The molecule has 0 atom stereocenters. The molecule has 0 aliphatic rings. The molecule has 2 rings (SSSR count). The predicted molar refractivity (Wildman–Crippen MR) is 58.2 cm³/mol. The molecule has 3 nitrogen and oxygen atoms in total. The van der Waals surface area contributed by atoms with Crippen LogP contribution in [0.4, 0.5) is 18.9 Å². The van der Waals surface area contributed by atoms with Gasteiger partial charge in [-0.15, -0.1) is 0 Å². The molecule has 0 aliphatic carbocycles. The maximum absolute atomic E-state index is 12.4. The van der Waals surface area contributed by atoms with E-state index in [0.717, 1.165) is 12.1 Å². The number of aromatic nitrogens is 2. The highest BCUT2D eigenvalue weighted by molar-refractivity contribution is 5.74. The van der Waals surface area contributed by atoms with Crippen molar-refractivity contribution < 1.29 is 13.2 Å². The molecule has 90 valence electrons. The molecule has 0 saturated heterocycles. The highest BCUT2D eigenvalue weighted by Gasteiger charge is 2.30. The second kappa shape index (κ2) is 3.80. The number of alkyl halides is 3. The van der Waals surface area contributed by atoms with Crippen molar-refractivity contribution in [1.82, 2.24) is 10.2 Å². The molecule has 6 heteroatoms. The van der Waals surface area contributed by atoms with E-state index in [1.807, 2.05) is 0 Å². The van der Waals surface area contributed by atoms with Crippen molar-refractivity contribution in [2.45, 2.75) is 13.1 Å². The first-order chi connectivity index (χ1) is 7.89. The first-order valence-electron chi connectivity index (χ1n) is 4.87. The monoisotopic (exact) mass is 241 g/mol. The Morgan fingerprint density at radius 1 is 1.18 bits per heavy atom. The molecule has 0 bridgehead atoms. The van der Waals surface area contributed by atoms with Gasteiger partial charge in [0.25, 0.3) is 0 Å². The summed E-state index contributed by atoms with van der Waals surface area (Å²) < 4.78 is 37.1. The Balaban J connectivity index is 2.40. The van der Waals surface area contributed by atoms with Gasteiger partial charge in [0.05, 0.1) is 16.9 Å². The van der Waals surface area contributed by atoms with Crippen LogP contribution in [0.5, 0.6) is 0 Å². The number of halogens is 3. The van der Waals surface area contributed by atoms with Crippen molar-refractivity contribution in [2.24, 2.45) is 0 Å². The van der Waals surface area contributed by atoms with Crippen molar-refractivity contribution in [2.75, 3.05) is 5.73 Å². The first-order valence-corrected chi connectivity index (χ1v) is 4.87. The van der Waals surface area contributed by atoms with Crippen LogP contribution in [0.15, 0.2) is 24.3 Å². The zero-order valence-electron chi connectivity index (χ0n) is 8.97. The molecule has 0 saturated carbocycles. The molecule has 2 aromatic rings. The number of nitrogens with two attached hydrogens (primary N) is 1. The van der Waals surface area contributed by atoms with Crippen LogP contribution in [0, 0.1) is 6.92 Å². The van der Waals surface area contributed by atoms with E-state index < -0.39 is 11.7 Å². The molecule has 0 aliphatic heterocycles. The number of benzene rings is 1. The first kappa shape index (κ1) is 11.5. The van der Waals surface area contributed by atoms with Crippen LogP contribution >= 0.6 is 0 Å².